The number of ether oxygens (including phenoxy) is 3. The average molecular weight is 280 g/mol. The highest BCUT2D eigenvalue weighted by atomic mass is 16.5. The topological polar surface area (TPSA) is 43.0 Å². The van der Waals surface area contributed by atoms with Crippen molar-refractivity contribution < 1.29 is 14.2 Å². The van der Waals surface area contributed by atoms with E-state index in [0.717, 1.165) is 56.4 Å². The van der Waals surface area contributed by atoms with Gasteiger partial charge in [0.15, 0.2) is 0 Å². The number of benzene rings is 1. The quantitative estimate of drug-likeness (QED) is 0.758. The van der Waals surface area contributed by atoms with Gasteiger partial charge in [-0.05, 0) is 18.2 Å². The van der Waals surface area contributed by atoms with Gasteiger partial charge in [-0.2, -0.15) is 0 Å². The van der Waals surface area contributed by atoms with Crippen LogP contribution < -0.4 is 14.8 Å². The number of nitrogens with zero attached hydrogens (tertiary/aromatic N) is 1. The summed E-state index contributed by atoms with van der Waals surface area (Å²) in [5.74, 6) is 1.67. The zero-order chi connectivity index (χ0) is 14.2. The number of piperazine rings is 1. The molecule has 0 unspecified atom stereocenters. The Hall–Kier alpha value is -1.30. The number of hydrogen-bond donors (Lipinski definition) is 1. The molecule has 1 N–H and O–H groups in total. The molecule has 5 nitrogen and oxygen atoms in total. The summed E-state index contributed by atoms with van der Waals surface area (Å²) in [5, 5.41) is 3.35. The van der Waals surface area contributed by atoms with Crippen molar-refractivity contribution in [3.8, 4) is 11.5 Å². The molecule has 1 aliphatic rings. The van der Waals surface area contributed by atoms with Crippen molar-refractivity contribution >= 4 is 0 Å². The molecule has 1 aliphatic heterocycles. The van der Waals surface area contributed by atoms with E-state index < -0.39 is 0 Å². The molecule has 20 heavy (non-hydrogen) atoms. The van der Waals surface area contributed by atoms with Crippen LogP contribution in [0.1, 0.15) is 5.56 Å². The van der Waals surface area contributed by atoms with Gasteiger partial charge < -0.3 is 19.5 Å². The van der Waals surface area contributed by atoms with Crippen LogP contribution in [-0.4, -0.2) is 58.5 Å². The van der Waals surface area contributed by atoms with Gasteiger partial charge in [-0.3, -0.25) is 4.90 Å². The molecule has 0 atom stereocenters. The maximum Gasteiger partial charge on any atom is 0.124 e. The molecule has 0 bridgehead atoms. The summed E-state index contributed by atoms with van der Waals surface area (Å²) in [4.78, 5) is 2.42. The van der Waals surface area contributed by atoms with Crippen molar-refractivity contribution in [2.24, 2.45) is 0 Å². The summed E-state index contributed by atoms with van der Waals surface area (Å²) in [7, 11) is 3.34. The van der Waals surface area contributed by atoms with Crippen molar-refractivity contribution in [3.05, 3.63) is 23.8 Å². The van der Waals surface area contributed by atoms with Gasteiger partial charge in [0.2, 0.25) is 0 Å². The van der Waals surface area contributed by atoms with E-state index in [1.165, 1.54) is 0 Å². The molecule has 0 spiro atoms. The standard InChI is InChI=1S/C15H24N2O3/c1-18-14-3-4-15(19-2)13(11-14)12-20-10-9-17-7-5-16-6-8-17/h3-4,11,16H,5-10,12H2,1-2H3. The predicted octanol–water partition coefficient (Wildman–Crippen LogP) is 1.13. The van der Waals surface area contributed by atoms with Crippen LogP contribution in [0.4, 0.5) is 0 Å². The lowest BCUT2D eigenvalue weighted by Crippen LogP contribution is -2.44. The van der Waals surface area contributed by atoms with Gasteiger partial charge in [0.25, 0.3) is 0 Å². The molecule has 5 heteroatoms. The third-order valence-corrected chi connectivity index (χ3v) is 3.51. The minimum absolute atomic E-state index is 0.548. The number of methoxy groups -OCH3 is 2. The van der Waals surface area contributed by atoms with Crippen LogP contribution in [0, 0.1) is 0 Å². The SMILES string of the molecule is COc1ccc(OC)c(COCCN2CCNCC2)c1. The Kier molecular flexibility index (Phi) is 6.11. The van der Waals surface area contributed by atoms with E-state index in [0.29, 0.717) is 6.61 Å². The summed E-state index contributed by atoms with van der Waals surface area (Å²) in [6.45, 7) is 6.62. The molecule has 1 aromatic rings. The summed E-state index contributed by atoms with van der Waals surface area (Å²) < 4.78 is 16.3. The summed E-state index contributed by atoms with van der Waals surface area (Å²) >= 11 is 0. The Morgan fingerprint density at radius 2 is 1.95 bits per heavy atom. The van der Waals surface area contributed by atoms with Gasteiger partial charge in [0.1, 0.15) is 11.5 Å². The van der Waals surface area contributed by atoms with E-state index in [1.807, 2.05) is 18.2 Å². The second kappa shape index (κ2) is 8.09. The lowest BCUT2D eigenvalue weighted by molar-refractivity contribution is 0.0873. The van der Waals surface area contributed by atoms with Gasteiger partial charge in [-0.25, -0.2) is 0 Å². The summed E-state index contributed by atoms with van der Waals surface area (Å²) in [6, 6.07) is 5.76. The van der Waals surface area contributed by atoms with E-state index in [2.05, 4.69) is 10.2 Å². The Balaban J connectivity index is 1.77. The van der Waals surface area contributed by atoms with Crippen LogP contribution >= 0.6 is 0 Å². The molecular formula is C15H24N2O3. The Labute approximate surface area is 120 Å². The third-order valence-electron chi connectivity index (χ3n) is 3.51. The first-order valence-electron chi connectivity index (χ1n) is 7.05. The first-order valence-corrected chi connectivity index (χ1v) is 7.05. The highest BCUT2D eigenvalue weighted by molar-refractivity contribution is 5.39. The largest absolute Gasteiger partial charge is 0.497 e. The van der Waals surface area contributed by atoms with Crippen LogP contribution in [0.3, 0.4) is 0 Å². The maximum atomic E-state index is 5.77. The molecule has 0 amide bonds. The van der Waals surface area contributed by atoms with Gasteiger partial charge in [-0.15, -0.1) is 0 Å². The fourth-order valence-corrected chi connectivity index (χ4v) is 2.31. The number of rotatable bonds is 7. The van der Waals surface area contributed by atoms with E-state index >= 15 is 0 Å². The molecule has 0 aromatic heterocycles. The molecule has 1 saturated heterocycles. The van der Waals surface area contributed by atoms with E-state index in [4.69, 9.17) is 14.2 Å². The molecule has 2 rings (SSSR count). The Morgan fingerprint density at radius 3 is 2.65 bits per heavy atom. The lowest BCUT2D eigenvalue weighted by Gasteiger charge is -2.26. The smallest absolute Gasteiger partial charge is 0.124 e. The van der Waals surface area contributed by atoms with Gasteiger partial charge in [0, 0.05) is 38.3 Å². The molecule has 1 heterocycles. The summed E-state index contributed by atoms with van der Waals surface area (Å²) in [5.41, 5.74) is 1.02. The summed E-state index contributed by atoms with van der Waals surface area (Å²) in [6.07, 6.45) is 0. The fourth-order valence-electron chi connectivity index (χ4n) is 2.31. The second-order valence-electron chi connectivity index (χ2n) is 4.82. The Morgan fingerprint density at radius 1 is 1.15 bits per heavy atom. The van der Waals surface area contributed by atoms with Crippen LogP contribution in [0.2, 0.25) is 0 Å². The minimum atomic E-state index is 0.548. The fraction of sp³-hybridized carbons (Fsp3) is 0.600. The number of nitrogens with one attached hydrogen (secondary N) is 1. The highest BCUT2D eigenvalue weighted by Gasteiger charge is 2.09. The van der Waals surface area contributed by atoms with Crippen molar-refractivity contribution in [1.29, 1.82) is 0 Å². The minimum Gasteiger partial charge on any atom is -0.497 e. The van der Waals surface area contributed by atoms with E-state index in [1.54, 1.807) is 14.2 Å². The maximum absolute atomic E-state index is 5.77. The van der Waals surface area contributed by atoms with Crippen molar-refractivity contribution in [1.82, 2.24) is 10.2 Å². The van der Waals surface area contributed by atoms with Crippen molar-refractivity contribution in [2.75, 3.05) is 53.6 Å². The van der Waals surface area contributed by atoms with Gasteiger partial charge in [-0.1, -0.05) is 0 Å². The first kappa shape index (κ1) is 15.1. The predicted molar refractivity (Wildman–Crippen MR) is 78.5 cm³/mol. The van der Waals surface area contributed by atoms with Gasteiger partial charge >= 0.3 is 0 Å². The molecule has 0 radical (unpaired) electrons. The second-order valence-corrected chi connectivity index (χ2v) is 4.82. The normalized spacial score (nSPS) is 16.1. The van der Waals surface area contributed by atoms with Crippen molar-refractivity contribution in [3.63, 3.8) is 0 Å². The van der Waals surface area contributed by atoms with E-state index in [9.17, 15) is 0 Å². The monoisotopic (exact) mass is 280 g/mol. The molecular weight excluding hydrogens is 256 g/mol. The molecule has 0 aliphatic carbocycles. The molecule has 1 aromatic carbocycles. The molecule has 0 saturated carbocycles. The van der Waals surface area contributed by atoms with Crippen LogP contribution in [-0.2, 0) is 11.3 Å². The lowest BCUT2D eigenvalue weighted by atomic mass is 10.2. The average Bonchev–Trinajstić information content (AvgIpc) is 2.52. The zero-order valence-corrected chi connectivity index (χ0v) is 12.4. The van der Waals surface area contributed by atoms with Crippen LogP contribution in [0.25, 0.3) is 0 Å². The van der Waals surface area contributed by atoms with E-state index in [-0.39, 0.29) is 0 Å². The first-order chi connectivity index (χ1) is 9.83. The zero-order valence-electron chi connectivity index (χ0n) is 12.4. The van der Waals surface area contributed by atoms with Crippen LogP contribution in [0.15, 0.2) is 18.2 Å². The third kappa shape index (κ3) is 4.37. The molecule has 1 fully saturated rings. The van der Waals surface area contributed by atoms with Crippen molar-refractivity contribution in [2.45, 2.75) is 6.61 Å². The Bertz CT molecular complexity index is 406. The number of hydrogen-bond acceptors (Lipinski definition) is 5. The van der Waals surface area contributed by atoms with Crippen LogP contribution in [0.5, 0.6) is 11.5 Å². The van der Waals surface area contributed by atoms with Gasteiger partial charge in [0.05, 0.1) is 27.4 Å². The highest BCUT2D eigenvalue weighted by Crippen LogP contribution is 2.24. The molecule has 112 valence electrons.